The van der Waals surface area contributed by atoms with Gasteiger partial charge in [-0.3, -0.25) is 9.36 Å². The lowest BCUT2D eigenvalue weighted by Crippen LogP contribution is -2.27. The Morgan fingerprint density at radius 3 is 2.61 bits per heavy atom. The molecular formula is C24H25N3O3S. The van der Waals surface area contributed by atoms with Gasteiger partial charge in [0.15, 0.2) is 0 Å². The van der Waals surface area contributed by atoms with Crippen molar-refractivity contribution < 1.29 is 8.97 Å². The third-order valence-electron chi connectivity index (χ3n) is 5.18. The maximum Gasteiger partial charge on any atom is 0.261 e. The first-order valence-corrected chi connectivity index (χ1v) is 11.1. The van der Waals surface area contributed by atoms with Crippen LogP contribution in [0.4, 0.5) is 0 Å². The highest BCUT2D eigenvalue weighted by atomic mass is 32.2. The SMILES string of the molecule is CC(=N[S+]([O-])C(C)(C)C)c1cc(C)cc2c(=O)n(C)c(-c3coc4ccccc34)nc12. The number of aromatic nitrogens is 2. The van der Waals surface area contributed by atoms with E-state index < -0.39 is 16.1 Å². The fourth-order valence-electron chi connectivity index (χ4n) is 3.50. The lowest BCUT2D eigenvalue weighted by molar-refractivity contribution is 0.561. The summed E-state index contributed by atoms with van der Waals surface area (Å²) in [5.74, 6) is 0.511. The van der Waals surface area contributed by atoms with Crippen molar-refractivity contribution in [2.24, 2.45) is 11.4 Å². The maximum atomic E-state index is 13.3. The molecule has 2 heterocycles. The molecule has 0 aliphatic carbocycles. The molecule has 0 fully saturated rings. The van der Waals surface area contributed by atoms with Crippen LogP contribution in [0.15, 0.2) is 56.3 Å². The fraction of sp³-hybridized carbons (Fsp3) is 0.292. The summed E-state index contributed by atoms with van der Waals surface area (Å²) in [5.41, 5.74) is 4.08. The van der Waals surface area contributed by atoms with E-state index >= 15 is 0 Å². The molecule has 0 spiro atoms. The van der Waals surface area contributed by atoms with Crippen molar-refractivity contribution >= 4 is 38.9 Å². The molecule has 31 heavy (non-hydrogen) atoms. The van der Waals surface area contributed by atoms with Gasteiger partial charge in [-0.1, -0.05) is 22.6 Å². The molecule has 0 N–H and O–H groups in total. The number of rotatable bonds is 3. The largest absolute Gasteiger partial charge is 0.591 e. The Morgan fingerprint density at radius 2 is 1.90 bits per heavy atom. The van der Waals surface area contributed by atoms with Crippen LogP contribution in [0, 0.1) is 6.92 Å². The number of aryl methyl sites for hydroxylation is 1. The monoisotopic (exact) mass is 435 g/mol. The minimum Gasteiger partial charge on any atom is -0.591 e. The third kappa shape index (κ3) is 3.79. The molecule has 4 aromatic rings. The molecule has 2 aromatic heterocycles. The Kier molecular flexibility index (Phi) is 5.27. The van der Waals surface area contributed by atoms with E-state index in [4.69, 9.17) is 9.40 Å². The summed E-state index contributed by atoms with van der Waals surface area (Å²) in [7, 11) is 1.71. The van der Waals surface area contributed by atoms with Crippen molar-refractivity contribution in [2.75, 3.05) is 0 Å². The van der Waals surface area contributed by atoms with E-state index in [-0.39, 0.29) is 5.56 Å². The zero-order valence-corrected chi connectivity index (χ0v) is 19.3. The van der Waals surface area contributed by atoms with Gasteiger partial charge in [-0.05, 0) is 58.4 Å². The maximum absolute atomic E-state index is 13.3. The standard InChI is InChI=1S/C24H25N3O3S/c1-14-11-17(15(2)26-31(29)24(3,4)5)21-18(12-14)23(28)27(6)22(25-21)19-13-30-20-10-8-7-9-16(19)20/h7-13H,1-6H3. The first kappa shape index (κ1) is 21.3. The summed E-state index contributed by atoms with van der Waals surface area (Å²) in [6.07, 6.45) is 1.63. The van der Waals surface area contributed by atoms with E-state index in [9.17, 15) is 9.35 Å². The van der Waals surface area contributed by atoms with E-state index in [2.05, 4.69) is 4.40 Å². The lowest BCUT2D eigenvalue weighted by Gasteiger charge is -2.19. The molecule has 0 radical (unpaired) electrons. The summed E-state index contributed by atoms with van der Waals surface area (Å²) >= 11 is -1.42. The van der Waals surface area contributed by atoms with Gasteiger partial charge in [-0.25, -0.2) is 4.98 Å². The van der Waals surface area contributed by atoms with Crippen molar-refractivity contribution in [1.29, 1.82) is 0 Å². The lowest BCUT2D eigenvalue weighted by atomic mass is 10.0. The van der Waals surface area contributed by atoms with E-state index in [1.165, 1.54) is 0 Å². The van der Waals surface area contributed by atoms with Crippen molar-refractivity contribution in [2.45, 2.75) is 39.4 Å². The van der Waals surface area contributed by atoms with Gasteiger partial charge in [0.05, 0.1) is 22.2 Å². The molecule has 1 atom stereocenters. The number of benzene rings is 2. The van der Waals surface area contributed by atoms with Crippen LogP contribution in [0.5, 0.6) is 0 Å². The van der Waals surface area contributed by atoms with Crippen LogP contribution < -0.4 is 5.56 Å². The molecule has 0 saturated heterocycles. The van der Waals surface area contributed by atoms with Crippen LogP contribution in [0.1, 0.15) is 38.8 Å². The van der Waals surface area contributed by atoms with Gasteiger partial charge in [-0.2, -0.15) is 0 Å². The molecule has 0 bridgehead atoms. The molecule has 0 aliphatic rings. The van der Waals surface area contributed by atoms with Crippen molar-refractivity contribution in [3.05, 3.63) is 64.1 Å². The Labute approximate surface area is 184 Å². The summed E-state index contributed by atoms with van der Waals surface area (Å²) in [6, 6.07) is 11.4. The predicted molar refractivity (Wildman–Crippen MR) is 127 cm³/mol. The number of fused-ring (bicyclic) bond motifs is 2. The fourth-order valence-corrected chi connectivity index (χ4v) is 4.12. The Hall–Kier alpha value is -2.90. The van der Waals surface area contributed by atoms with Crippen molar-refractivity contribution in [3.8, 4) is 11.4 Å². The van der Waals surface area contributed by atoms with Crippen molar-refractivity contribution in [3.63, 3.8) is 0 Å². The molecule has 2 aromatic carbocycles. The van der Waals surface area contributed by atoms with Gasteiger partial charge in [0.25, 0.3) is 5.56 Å². The molecule has 6 nitrogen and oxygen atoms in total. The third-order valence-corrected chi connectivity index (χ3v) is 6.67. The van der Waals surface area contributed by atoms with Gasteiger partial charge in [0.1, 0.15) is 33.8 Å². The zero-order chi connectivity index (χ0) is 22.5. The van der Waals surface area contributed by atoms with Crippen LogP contribution in [-0.4, -0.2) is 24.6 Å². The van der Waals surface area contributed by atoms with Gasteiger partial charge in [-0.15, -0.1) is 0 Å². The molecule has 7 heteroatoms. The molecule has 4 rings (SSSR count). The highest BCUT2D eigenvalue weighted by Gasteiger charge is 2.27. The minimum atomic E-state index is -1.42. The average Bonchev–Trinajstić information content (AvgIpc) is 3.13. The first-order valence-electron chi connectivity index (χ1n) is 10.0. The number of furan rings is 1. The molecule has 0 saturated carbocycles. The smallest absolute Gasteiger partial charge is 0.261 e. The molecule has 0 aliphatic heterocycles. The second-order valence-corrected chi connectivity index (χ2v) is 10.6. The van der Waals surface area contributed by atoms with Gasteiger partial charge >= 0.3 is 0 Å². The van der Waals surface area contributed by atoms with Crippen LogP contribution in [-0.2, 0) is 18.4 Å². The minimum absolute atomic E-state index is 0.153. The van der Waals surface area contributed by atoms with Crippen LogP contribution in [0.25, 0.3) is 33.3 Å². The zero-order valence-electron chi connectivity index (χ0n) is 18.5. The van der Waals surface area contributed by atoms with Crippen molar-refractivity contribution in [1.82, 2.24) is 9.55 Å². The normalized spacial score (nSPS) is 13.8. The Bertz CT molecular complexity index is 1390. The van der Waals surface area contributed by atoms with Crippen LogP contribution in [0.3, 0.4) is 0 Å². The van der Waals surface area contributed by atoms with E-state index in [1.807, 2.05) is 71.0 Å². The number of hydrogen-bond acceptors (Lipinski definition) is 5. The van der Waals surface area contributed by atoms with E-state index in [0.29, 0.717) is 28.0 Å². The second kappa shape index (κ2) is 7.66. The topological polar surface area (TPSA) is 83.5 Å². The average molecular weight is 436 g/mol. The van der Waals surface area contributed by atoms with Crippen LogP contribution >= 0.6 is 0 Å². The summed E-state index contributed by atoms with van der Waals surface area (Å²) in [4.78, 5) is 18.2. The number of hydrogen-bond donors (Lipinski definition) is 0. The number of para-hydroxylation sites is 1. The molecular weight excluding hydrogens is 410 g/mol. The van der Waals surface area contributed by atoms with Gasteiger partial charge in [0.2, 0.25) is 0 Å². The number of nitrogens with zero attached hydrogens (tertiary/aromatic N) is 3. The molecule has 160 valence electrons. The Morgan fingerprint density at radius 1 is 1.19 bits per heavy atom. The molecule has 0 amide bonds. The Balaban J connectivity index is 2.01. The summed E-state index contributed by atoms with van der Waals surface area (Å²) < 4.78 is 23.8. The summed E-state index contributed by atoms with van der Waals surface area (Å²) in [5, 5.41) is 1.39. The highest BCUT2D eigenvalue weighted by Crippen LogP contribution is 2.30. The van der Waals surface area contributed by atoms with E-state index in [0.717, 1.165) is 22.1 Å². The predicted octanol–water partition coefficient (Wildman–Crippen LogP) is 4.93. The van der Waals surface area contributed by atoms with Gasteiger partial charge in [0, 0.05) is 18.0 Å². The second-order valence-electron chi connectivity index (χ2n) is 8.69. The van der Waals surface area contributed by atoms with Crippen LogP contribution in [0.2, 0.25) is 0 Å². The summed E-state index contributed by atoms with van der Waals surface area (Å²) in [6.45, 7) is 9.37. The van der Waals surface area contributed by atoms with E-state index in [1.54, 1.807) is 17.9 Å². The quantitative estimate of drug-likeness (QED) is 0.337. The first-order chi connectivity index (χ1) is 14.6. The van der Waals surface area contributed by atoms with Gasteiger partial charge < -0.3 is 8.97 Å². The highest BCUT2D eigenvalue weighted by molar-refractivity contribution is 7.91. The molecule has 1 unspecified atom stereocenters.